The van der Waals surface area contributed by atoms with E-state index in [4.69, 9.17) is 0 Å². The lowest BCUT2D eigenvalue weighted by atomic mass is 9.95. The molecule has 0 saturated heterocycles. The number of aryl methyl sites for hydroxylation is 2. The lowest BCUT2D eigenvalue weighted by molar-refractivity contribution is -0.304. The van der Waals surface area contributed by atoms with Crippen molar-refractivity contribution >= 4 is 5.97 Å². The summed E-state index contributed by atoms with van der Waals surface area (Å²) in [6, 6.07) is 6.03. The van der Waals surface area contributed by atoms with Crippen LogP contribution in [-0.4, -0.2) is 32.7 Å². The number of carboxylic acids is 1. The molecule has 23 heavy (non-hydrogen) atoms. The number of carboxylic acid groups (broad SMARTS) is 1. The third-order valence-electron chi connectivity index (χ3n) is 4.58. The summed E-state index contributed by atoms with van der Waals surface area (Å²) >= 11 is 0. The number of para-hydroxylation sites is 1. The summed E-state index contributed by atoms with van der Waals surface area (Å²) in [4.78, 5) is 10.9. The molecule has 0 unspecified atom stereocenters. The summed E-state index contributed by atoms with van der Waals surface area (Å²) in [6.07, 6.45) is 3.65. The Hall–Kier alpha value is -2.28. The molecule has 1 aliphatic rings. The monoisotopic (exact) mass is 314 g/mol. The van der Waals surface area contributed by atoms with Crippen molar-refractivity contribution < 1.29 is 9.90 Å². The third-order valence-corrected chi connectivity index (χ3v) is 4.58. The summed E-state index contributed by atoms with van der Waals surface area (Å²) in [5.41, 5.74) is 2.59. The Morgan fingerprint density at radius 1 is 1.30 bits per heavy atom. The number of nitrogens with zero attached hydrogens (tertiary/aromatic N) is 4. The number of tetrazole rings is 1. The van der Waals surface area contributed by atoms with Crippen LogP contribution >= 0.6 is 0 Å². The van der Waals surface area contributed by atoms with E-state index in [0.717, 1.165) is 42.5 Å². The van der Waals surface area contributed by atoms with E-state index in [1.54, 1.807) is 4.68 Å². The van der Waals surface area contributed by atoms with Gasteiger partial charge < -0.3 is 9.90 Å². The van der Waals surface area contributed by atoms with Crippen LogP contribution in [0, 0.1) is 13.8 Å². The highest BCUT2D eigenvalue weighted by Crippen LogP contribution is 2.38. The average Bonchev–Trinajstić information content (AvgIpc) is 3.14. The lowest BCUT2D eigenvalue weighted by Crippen LogP contribution is -2.47. The summed E-state index contributed by atoms with van der Waals surface area (Å²) in [5.74, 6) is -0.448. The zero-order valence-electron chi connectivity index (χ0n) is 13.4. The predicted octanol–water partition coefficient (Wildman–Crippen LogP) is 0.388. The predicted molar refractivity (Wildman–Crippen MR) is 81.8 cm³/mol. The number of rotatable bonds is 5. The van der Waals surface area contributed by atoms with Gasteiger partial charge in [0.25, 0.3) is 0 Å². The molecule has 1 aliphatic carbocycles. The molecule has 1 heterocycles. The van der Waals surface area contributed by atoms with Gasteiger partial charge in [0.2, 0.25) is 0 Å². The fourth-order valence-electron chi connectivity index (χ4n) is 3.48. The van der Waals surface area contributed by atoms with Crippen molar-refractivity contribution in [2.75, 3.05) is 6.54 Å². The maximum atomic E-state index is 10.9. The smallest absolute Gasteiger partial charge is 0.176 e. The van der Waals surface area contributed by atoms with Gasteiger partial charge in [-0.2, -0.15) is 4.68 Å². The van der Waals surface area contributed by atoms with Crippen LogP contribution in [0.1, 0.15) is 42.6 Å². The van der Waals surface area contributed by atoms with E-state index in [0.29, 0.717) is 5.82 Å². The van der Waals surface area contributed by atoms with Crippen LogP contribution in [0.4, 0.5) is 0 Å². The number of nitrogens with one attached hydrogen (secondary N) is 1. The molecular formula is C16H20N5O2-. The highest BCUT2D eigenvalue weighted by Gasteiger charge is 2.40. The van der Waals surface area contributed by atoms with Gasteiger partial charge in [-0.1, -0.05) is 31.0 Å². The van der Waals surface area contributed by atoms with Gasteiger partial charge in [-0.3, -0.25) is 5.32 Å². The Morgan fingerprint density at radius 3 is 2.57 bits per heavy atom. The van der Waals surface area contributed by atoms with Gasteiger partial charge in [-0.15, -0.1) is 5.10 Å². The highest BCUT2D eigenvalue weighted by atomic mass is 16.4. The number of carbonyl (C=O) groups is 1. The van der Waals surface area contributed by atoms with Crippen molar-refractivity contribution in [3.05, 3.63) is 35.2 Å². The molecule has 122 valence electrons. The maximum absolute atomic E-state index is 10.9. The van der Waals surface area contributed by atoms with E-state index in [1.807, 2.05) is 32.0 Å². The van der Waals surface area contributed by atoms with Crippen molar-refractivity contribution in [3.63, 3.8) is 0 Å². The second-order valence-corrected chi connectivity index (χ2v) is 6.17. The Kier molecular flexibility index (Phi) is 4.12. The number of aliphatic carboxylic acids is 1. The lowest BCUT2D eigenvalue weighted by Gasteiger charge is -2.29. The number of hydrogen-bond donors (Lipinski definition) is 1. The van der Waals surface area contributed by atoms with Crippen LogP contribution in [-0.2, 0) is 10.3 Å². The normalized spacial score (nSPS) is 16.6. The molecule has 1 fully saturated rings. The average molecular weight is 314 g/mol. The Balaban J connectivity index is 2.07. The van der Waals surface area contributed by atoms with Crippen molar-refractivity contribution in [1.82, 2.24) is 25.5 Å². The topological polar surface area (TPSA) is 95.8 Å². The molecule has 0 radical (unpaired) electrons. The quantitative estimate of drug-likeness (QED) is 0.857. The van der Waals surface area contributed by atoms with Crippen LogP contribution in [0.25, 0.3) is 5.69 Å². The minimum Gasteiger partial charge on any atom is -0.549 e. The minimum absolute atomic E-state index is 0.209. The van der Waals surface area contributed by atoms with Gasteiger partial charge in [0.1, 0.15) is 0 Å². The first kappa shape index (κ1) is 15.6. The standard InChI is InChI=1S/C16H21N5O2/c1-11-6-5-7-12(2)14(11)21-15(18-19-20-21)16(8-3-4-9-16)17-10-13(22)23/h5-7,17H,3-4,8-10H2,1-2H3,(H,22,23)/p-1. The van der Waals surface area contributed by atoms with Crippen molar-refractivity contribution in [2.45, 2.75) is 45.1 Å². The second kappa shape index (κ2) is 6.08. The van der Waals surface area contributed by atoms with Crippen LogP contribution in [0.5, 0.6) is 0 Å². The molecule has 0 amide bonds. The number of carbonyl (C=O) groups excluding carboxylic acids is 1. The fourth-order valence-corrected chi connectivity index (χ4v) is 3.48. The Morgan fingerprint density at radius 2 is 1.96 bits per heavy atom. The first-order valence-electron chi connectivity index (χ1n) is 7.84. The summed E-state index contributed by atoms with van der Waals surface area (Å²) in [5, 5.41) is 26.3. The molecule has 1 aromatic carbocycles. The van der Waals surface area contributed by atoms with E-state index < -0.39 is 11.5 Å². The van der Waals surface area contributed by atoms with E-state index in [1.165, 1.54) is 0 Å². The third kappa shape index (κ3) is 2.84. The SMILES string of the molecule is Cc1cccc(C)c1-n1nnnc1C1(NCC(=O)[O-])CCCC1. The maximum Gasteiger partial charge on any atom is 0.176 e. The molecule has 1 aromatic heterocycles. The fraction of sp³-hybridized carbons (Fsp3) is 0.500. The van der Waals surface area contributed by atoms with Crippen LogP contribution < -0.4 is 10.4 Å². The van der Waals surface area contributed by atoms with Gasteiger partial charge in [0.05, 0.1) is 17.2 Å². The largest absolute Gasteiger partial charge is 0.549 e. The molecule has 1 saturated carbocycles. The number of hydrogen-bond acceptors (Lipinski definition) is 6. The molecule has 0 bridgehead atoms. The van der Waals surface area contributed by atoms with Gasteiger partial charge in [-0.25, -0.2) is 0 Å². The molecule has 1 N–H and O–H groups in total. The van der Waals surface area contributed by atoms with E-state index in [9.17, 15) is 9.90 Å². The Bertz CT molecular complexity index is 699. The first-order valence-corrected chi connectivity index (χ1v) is 7.84. The van der Waals surface area contributed by atoms with Gasteiger partial charge in [0.15, 0.2) is 5.82 Å². The molecule has 0 spiro atoms. The molecule has 7 nitrogen and oxygen atoms in total. The van der Waals surface area contributed by atoms with Crippen molar-refractivity contribution in [1.29, 1.82) is 0 Å². The molecule has 3 rings (SSSR count). The first-order chi connectivity index (χ1) is 11.0. The molecule has 0 atom stereocenters. The van der Waals surface area contributed by atoms with Crippen LogP contribution in [0.2, 0.25) is 0 Å². The second-order valence-electron chi connectivity index (χ2n) is 6.17. The van der Waals surface area contributed by atoms with Gasteiger partial charge in [-0.05, 0) is 48.2 Å². The van der Waals surface area contributed by atoms with E-state index >= 15 is 0 Å². The summed E-state index contributed by atoms with van der Waals surface area (Å²) in [7, 11) is 0. The van der Waals surface area contributed by atoms with Crippen LogP contribution in [0.3, 0.4) is 0 Å². The van der Waals surface area contributed by atoms with Crippen molar-refractivity contribution in [3.8, 4) is 5.69 Å². The molecular weight excluding hydrogens is 294 g/mol. The number of aromatic nitrogens is 4. The van der Waals surface area contributed by atoms with E-state index in [2.05, 4.69) is 20.8 Å². The number of benzene rings is 1. The molecule has 2 aromatic rings. The Labute approximate surface area is 134 Å². The zero-order chi connectivity index (χ0) is 16.4. The van der Waals surface area contributed by atoms with Crippen LogP contribution in [0.15, 0.2) is 18.2 Å². The van der Waals surface area contributed by atoms with Gasteiger partial charge in [0, 0.05) is 6.54 Å². The molecule has 0 aliphatic heterocycles. The van der Waals surface area contributed by atoms with E-state index in [-0.39, 0.29) is 6.54 Å². The minimum atomic E-state index is -1.12. The van der Waals surface area contributed by atoms with Crippen molar-refractivity contribution in [2.24, 2.45) is 0 Å². The van der Waals surface area contributed by atoms with Gasteiger partial charge >= 0.3 is 0 Å². The highest BCUT2D eigenvalue weighted by molar-refractivity contribution is 5.66. The molecule has 7 heteroatoms. The summed E-state index contributed by atoms with van der Waals surface area (Å²) in [6.45, 7) is 3.83. The summed E-state index contributed by atoms with van der Waals surface area (Å²) < 4.78 is 1.75. The zero-order valence-corrected chi connectivity index (χ0v) is 13.4.